The number of carboxylic acid groups (broad SMARTS) is 1. The van der Waals surface area contributed by atoms with Crippen LogP contribution in [0.3, 0.4) is 0 Å². The molecule has 42 heavy (non-hydrogen) atoms. The van der Waals surface area contributed by atoms with Gasteiger partial charge in [-0.05, 0) is 59.7 Å². The van der Waals surface area contributed by atoms with Crippen LogP contribution in [-0.2, 0) is 6.61 Å². The molecule has 10 heteroatoms. The summed E-state index contributed by atoms with van der Waals surface area (Å²) in [6, 6.07) is 26.1. The Hall–Kier alpha value is -5.41. The minimum absolute atomic E-state index is 0.0731. The van der Waals surface area contributed by atoms with Crippen LogP contribution in [0.15, 0.2) is 105 Å². The van der Waals surface area contributed by atoms with Gasteiger partial charge in [-0.3, -0.25) is 4.79 Å². The summed E-state index contributed by atoms with van der Waals surface area (Å²) in [5.74, 6) is 0.222. The van der Waals surface area contributed by atoms with Gasteiger partial charge in [-0.2, -0.15) is 9.78 Å². The summed E-state index contributed by atoms with van der Waals surface area (Å²) in [6.07, 6.45) is 1.47. The predicted molar refractivity (Wildman–Crippen MR) is 160 cm³/mol. The van der Waals surface area contributed by atoms with Gasteiger partial charge in [-0.25, -0.2) is 9.78 Å². The third kappa shape index (κ3) is 5.21. The highest BCUT2D eigenvalue weighted by Gasteiger charge is 2.17. The second kappa shape index (κ2) is 11.2. The van der Waals surface area contributed by atoms with Crippen LogP contribution in [0.5, 0.6) is 11.5 Å². The van der Waals surface area contributed by atoms with E-state index in [1.165, 1.54) is 30.1 Å². The molecule has 0 aliphatic carbocycles. The number of fused-ring (bicyclic) bond motifs is 2. The first-order chi connectivity index (χ1) is 20.4. The number of nitrogens with zero attached hydrogens (tertiary/aromatic N) is 3. The standard InChI is InChI=1S/C32H22ClN3O6/c1-40-27-15-20(14-24(33)29(27)41-18-19-7-6-9-22(13-19)32(38)39)17-34-36-30(28-16-21-8-2-5-12-26(21)42-28)35-25-11-4-3-10-23(25)31(36)37/h2-17H,18H2,1H3,(H,38,39). The van der Waals surface area contributed by atoms with Crippen LogP contribution in [0.1, 0.15) is 21.5 Å². The molecule has 0 aliphatic heterocycles. The van der Waals surface area contributed by atoms with Gasteiger partial charge in [0, 0.05) is 5.39 Å². The Kier molecular flexibility index (Phi) is 7.16. The minimum atomic E-state index is -1.03. The molecule has 0 radical (unpaired) electrons. The monoisotopic (exact) mass is 579 g/mol. The average molecular weight is 580 g/mol. The maximum absolute atomic E-state index is 13.5. The number of aromatic carboxylic acids is 1. The van der Waals surface area contributed by atoms with E-state index < -0.39 is 5.97 Å². The van der Waals surface area contributed by atoms with E-state index in [9.17, 15) is 14.7 Å². The highest BCUT2D eigenvalue weighted by Crippen LogP contribution is 2.37. The van der Waals surface area contributed by atoms with Crippen LogP contribution < -0.4 is 15.0 Å². The minimum Gasteiger partial charge on any atom is -0.493 e. The van der Waals surface area contributed by atoms with Crippen molar-refractivity contribution in [2.45, 2.75) is 6.61 Å². The fourth-order valence-electron chi connectivity index (χ4n) is 4.51. The topological polar surface area (TPSA) is 116 Å². The van der Waals surface area contributed by atoms with Crippen LogP contribution in [0.25, 0.3) is 33.5 Å². The van der Waals surface area contributed by atoms with Crippen molar-refractivity contribution in [3.8, 4) is 23.1 Å². The van der Waals surface area contributed by atoms with Gasteiger partial charge in [-0.15, -0.1) is 0 Å². The van der Waals surface area contributed by atoms with Crippen LogP contribution in [0.2, 0.25) is 5.02 Å². The molecule has 0 saturated carbocycles. The first kappa shape index (κ1) is 26.8. The molecule has 0 unspecified atom stereocenters. The average Bonchev–Trinajstić information content (AvgIpc) is 3.44. The summed E-state index contributed by atoms with van der Waals surface area (Å²) in [4.78, 5) is 29.5. The third-order valence-corrected chi connectivity index (χ3v) is 6.81. The first-order valence-corrected chi connectivity index (χ1v) is 13.2. The summed E-state index contributed by atoms with van der Waals surface area (Å²) < 4.78 is 18.6. The van der Waals surface area contributed by atoms with Gasteiger partial charge in [0.05, 0.1) is 34.8 Å². The molecule has 2 heterocycles. The molecule has 0 amide bonds. The van der Waals surface area contributed by atoms with Crippen LogP contribution in [0, 0.1) is 0 Å². The molecule has 1 N–H and O–H groups in total. The highest BCUT2D eigenvalue weighted by molar-refractivity contribution is 6.32. The lowest BCUT2D eigenvalue weighted by atomic mass is 10.1. The Morgan fingerprint density at radius 2 is 1.86 bits per heavy atom. The van der Waals surface area contributed by atoms with Crippen LogP contribution >= 0.6 is 11.6 Å². The lowest BCUT2D eigenvalue weighted by molar-refractivity contribution is 0.0696. The molecule has 0 bridgehead atoms. The van der Waals surface area contributed by atoms with Crippen molar-refractivity contribution in [3.05, 3.63) is 123 Å². The number of benzene rings is 4. The number of rotatable bonds is 8. The van der Waals surface area contributed by atoms with Crippen LogP contribution in [-0.4, -0.2) is 34.1 Å². The Morgan fingerprint density at radius 3 is 2.67 bits per heavy atom. The number of methoxy groups -OCH3 is 1. The second-order valence-electron chi connectivity index (χ2n) is 9.29. The van der Waals surface area contributed by atoms with Gasteiger partial charge >= 0.3 is 5.97 Å². The second-order valence-corrected chi connectivity index (χ2v) is 9.70. The van der Waals surface area contributed by atoms with Crippen molar-refractivity contribution in [2.24, 2.45) is 5.10 Å². The summed E-state index contributed by atoms with van der Waals surface area (Å²) in [5.41, 5.74) is 2.15. The molecule has 0 aliphatic rings. The van der Waals surface area contributed by atoms with Crippen molar-refractivity contribution in [3.63, 3.8) is 0 Å². The number of carboxylic acids is 1. The zero-order valence-corrected chi connectivity index (χ0v) is 22.9. The largest absolute Gasteiger partial charge is 0.493 e. The molecule has 4 aromatic carbocycles. The lowest BCUT2D eigenvalue weighted by Gasteiger charge is -2.14. The van der Waals surface area contributed by atoms with Gasteiger partial charge < -0.3 is 19.0 Å². The molecule has 2 aromatic heterocycles. The number of hydrogen-bond acceptors (Lipinski definition) is 7. The lowest BCUT2D eigenvalue weighted by Crippen LogP contribution is -2.20. The molecule has 6 rings (SSSR count). The molecule has 9 nitrogen and oxygen atoms in total. The van der Waals surface area contributed by atoms with Crippen molar-refractivity contribution >= 4 is 45.7 Å². The van der Waals surface area contributed by atoms with E-state index in [4.69, 9.17) is 30.5 Å². The maximum atomic E-state index is 13.5. The van der Waals surface area contributed by atoms with Gasteiger partial charge in [0.1, 0.15) is 12.2 Å². The number of aromatic nitrogens is 2. The number of carbonyl (C=O) groups is 1. The number of para-hydroxylation sites is 2. The van der Waals surface area contributed by atoms with E-state index in [0.717, 1.165) is 5.39 Å². The van der Waals surface area contributed by atoms with Gasteiger partial charge in [-0.1, -0.05) is 54.1 Å². The fourth-order valence-corrected chi connectivity index (χ4v) is 4.78. The van der Waals surface area contributed by atoms with Crippen molar-refractivity contribution in [2.75, 3.05) is 7.11 Å². The van der Waals surface area contributed by atoms with E-state index in [1.54, 1.807) is 42.5 Å². The quantitative estimate of drug-likeness (QED) is 0.201. The van der Waals surface area contributed by atoms with Crippen LogP contribution in [0.4, 0.5) is 0 Å². The normalized spacial score (nSPS) is 11.4. The smallest absolute Gasteiger partial charge is 0.335 e. The van der Waals surface area contributed by atoms with E-state index in [0.29, 0.717) is 39.1 Å². The van der Waals surface area contributed by atoms with Gasteiger partial charge in [0.2, 0.25) is 5.82 Å². The fraction of sp³-hybridized carbons (Fsp3) is 0.0625. The Morgan fingerprint density at radius 1 is 1.05 bits per heavy atom. The van der Waals surface area contributed by atoms with E-state index in [-0.39, 0.29) is 34.3 Å². The maximum Gasteiger partial charge on any atom is 0.335 e. The molecule has 0 atom stereocenters. The van der Waals surface area contributed by atoms with Crippen molar-refractivity contribution < 1.29 is 23.8 Å². The van der Waals surface area contributed by atoms with Gasteiger partial charge in [0.25, 0.3) is 5.56 Å². The van der Waals surface area contributed by atoms with E-state index in [2.05, 4.69) is 5.10 Å². The first-order valence-electron chi connectivity index (χ1n) is 12.8. The summed E-state index contributed by atoms with van der Waals surface area (Å²) in [5, 5.41) is 15.2. The number of hydrogen-bond donors (Lipinski definition) is 1. The molecule has 0 saturated heterocycles. The molecular weight excluding hydrogens is 558 g/mol. The van der Waals surface area contributed by atoms with Gasteiger partial charge in [0.15, 0.2) is 17.3 Å². The highest BCUT2D eigenvalue weighted by atomic mass is 35.5. The summed E-state index contributed by atoms with van der Waals surface area (Å²) >= 11 is 6.57. The SMILES string of the molecule is COc1cc(C=Nn2c(-c3cc4ccccc4o3)nc3ccccc3c2=O)cc(Cl)c1OCc1cccc(C(=O)O)c1. The number of ether oxygens (including phenoxy) is 2. The molecule has 208 valence electrons. The predicted octanol–water partition coefficient (Wildman–Crippen LogP) is 6.63. The molecule has 0 spiro atoms. The third-order valence-electron chi connectivity index (χ3n) is 6.53. The summed E-state index contributed by atoms with van der Waals surface area (Å²) in [7, 11) is 1.47. The van der Waals surface area contributed by atoms with E-state index in [1.807, 2.05) is 36.4 Å². The summed E-state index contributed by atoms with van der Waals surface area (Å²) in [6.45, 7) is 0.0731. The zero-order valence-electron chi connectivity index (χ0n) is 22.2. The molecular formula is C32H22ClN3O6. The number of furan rings is 1. The Balaban J connectivity index is 1.36. The van der Waals surface area contributed by atoms with E-state index >= 15 is 0 Å². The molecule has 0 fully saturated rings. The Labute approximate surface area is 243 Å². The molecule has 6 aromatic rings. The van der Waals surface area contributed by atoms with Crippen molar-refractivity contribution in [1.29, 1.82) is 0 Å². The zero-order chi connectivity index (χ0) is 29.2. The van der Waals surface area contributed by atoms with Crippen molar-refractivity contribution in [1.82, 2.24) is 9.66 Å². The number of halogens is 1. The Bertz CT molecular complexity index is 2030.